The first-order valence-electron chi connectivity index (χ1n) is 8.85. The van der Waals surface area contributed by atoms with Crippen LogP contribution in [0.1, 0.15) is 35.6 Å². The van der Waals surface area contributed by atoms with E-state index in [1.165, 1.54) is 11.1 Å². The molecule has 0 unspecified atom stereocenters. The Hall–Kier alpha value is -2.60. The Morgan fingerprint density at radius 3 is 3.08 bits per heavy atom. The zero-order valence-corrected chi connectivity index (χ0v) is 15.2. The van der Waals surface area contributed by atoms with Gasteiger partial charge in [0.2, 0.25) is 5.91 Å². The lowest BCUT2D eigenvalue weighted by atomic mass is 9.97. The molecule has 0 bridgehead atoms. The fraction of sp³-hybridized carbons (Fsp3) is 0.300. The number of nitrogens with one attached hydrogen (secondary N) is 1. The Bertz CT molecular complexity index is 894. The fourth-order valence-electron chi connectivity index (χ4n) is 3.43. The van der Waals surface area contributed by atoms with Gasteiger partial charge in [0.15, 0.2) is 0 Å². The number of aromatic nitrogens is 3. The number of rotatable bonds is 6. The first kappa shape index (κ1) is 16.8. The molecule has 4 rings (SSSR count). The molecule has 1 N–H and O–H groups in total. The molecule has 132 valence electrons. The van der Waals surface area contributed by atoms with Crippen LogP contribution in [-0.4, -0.2) is 27.4 Å². The normalized spacial score (nSPS) is 15.6. The van der Waals surface area contributed by atoms with E-state index < -0.39 is 0 Å². The van der Waals surface area contributed by atoms with Crippen molar-refractivity contribution in [3.63, 3.8) is 0 Å². The minimum absolute atomic E-state index is 0.121. The van der Waals surface area contributed by atoms with Crippen molar-refractivity contribution < 1.29 is 4.79 Å². The number of thiazole rings is 1. The van der Waals surface area contributed by atoms with Crippen molar-refractivity contribution in [1.29, 1.82) is 0 Å². The van der Waals surface area contributed by atoms with E-state index in [-0.39, 0.29) is 5.91 Å². The zero-order chi connectivity index (χ0) is 17.8. The van der Waals surface area contributed by atoms with E-state index in [9.17, 15) is 4.79 Å². The van der Waals surface area contributed by atoms with Gasteiger partial charge in [-0.1, -0.05) is 24.3 Å². The van der Waals surface area contributed by atoms with Crippen LogP contribution < -0.4 is 5.32 Å². The molecular weight excluding hydrogens is 344 g/mol. The third-order valence-electron chi connectivity index (χ3n) is 4.73. The maximum Gasteiger partial charge on any atom is 0.220 e. The standard InChI is InChI=1S/C20H20N4OS/c25-19(11-15-6-5-14-3-1-2-4-17(14)15)23-8-7-16-13-26-20(24-16)18-12-21-9-10-22-18/h1-4,9-10,12-13,15H,5-8,11H2,(H,23,25)/t15-/m1/s1. The molecule has 1 aromatic carbocycles. The van der Waals surface area contributed by atoms with Crippen LogP contribution >= 0.6 is 11.3 Å². The first-order chi connectivity index (χ1) is 12.8. The topological polar surface area (TPSA) is 67.8 Å². The summed E-state index contributed by atoms with van der Waals surface area (Å²) in [5, 5.41) is 5.92. The molecule has 0 spiro atoms. The maximum absolute atomic E-state index is 12.3. The lowest BCUT2D eigenvalue weighted by Crippen LogP contribution is -2.26. The summed E-state index contributed by atoms with van der Waals surface area (Å²) in [7, 11) is 0. The molecule has 6 heteroatoms. The molecule has 5 nitrogen and oxygen atoms in total. The highest BCUT2D eigenvalue weighted by Crippen LogP contribution is 2.35. The minimum Gasteiger partial charge on any atom is -0.356 e. The molecule has 1 amide bonds. The van der Waals surface area contributed by atoms with E-state index in [0.717, 1.165) is 35.7 Å². The average molecular weight is 364 g/mol. The maximum atomic E-state index is 12.3. The van der Waals surface area contributed by atoms with Gasteiger partial charge in [-0.25, -0.2) is 4.98 Å². The van der Waals surface area contributed by atoms with Gasteiger partial charge in [0.1, 0.15) is 10.7 Å². The largest absolute Gasteiger partial charge is 0.356 e. The number of amides is 1. The predicted octanol–water partition coefficient (Wildman–Crippen LogP) is 3.38. The van der Waals surface area contributed by atoms with Crippen molar-refractivity contribution in [2.24, 2.45) is 0 Å². The fourth-order valence-corrected chi connectivity index (χ4v) is 4.25. The number of hydrogen-bond donors (Lipinski definition) is 1. The summed E-state index contributed by atoms with van der Waals surface area (Å²) in [5.41, 5.74) is 4.50. The molecule has 2 aromatic heterocycles. The number of hydrogen-bond acceptors (Lipinski definition) is 5. The Morgan fingerprint density at radius 2 is 2.19 bits per heavy atom. The van der Waals surface area contributed by atoms with Crippen molar-refractivity contribution in [3.8, 4) is 10.7 Å². The summed E-state index contributed by atoms with van der Waals surface area (Å²) in [4.78, 5) is 25.2. The highest BCUT2D eigenvalue weighted by atomic mass is 32.1. The number of carbonyl (C=O) groups is 1. The summed E-state index contributed by atoms with van der Waals surface area (Å²) >= 11 is 1.55. The van der Waals surface area contributed by atoms with Crippen LogP contribution in [-0.2, 0) is 17.6 Å². The molecular formula is C20H20N4OS. The first-order valence-corrected chi connectivity index (χ1v) is 9.73. The number of benzene rings is 1. The zero-order valence-electron chi connectivity index (χ0n) is 14.4. The number of fused-ring (bicyclic) bond motifs is 1. The van der Waals surface area contributed by atoms with Crippen LogP contribution in [0.3, 0.4) is 0 Å². The monoisotopic (exact) mass is 364 g/mol. The highest BCUT2D eigenvalue weighted by Gasteiger charge is 2.23. The summed E-state index contributed by atoms with van der Waals surface area (Å²) < 4.78 is 0. The van der Waals surface area contributed by atoms with E-state index in [1.54, 1.807) is 29.9 Å². The Labute approximate surface area is 156 Å². The second kappa shape index (κ2) is 7.74. The molecule has 26 heavy (non-hydrogen) atoms. The van der Waals surface area contributed by atoms with Gasteiger partial charge in [-0.3, -0.25) is 14.8 Å². The van der Waals surface area contributed by atoms with Gasteiger partial charge in [0.05, 0.1) is 11.9 Å². The van der Waals surface area contributed by atoms with E-state index in [4.69, 9.17) is 0 Å². The lowest BCUT2D eigenvalue weighted by molar-refractivity contribution is -0.121. The van der Waals surface area contributed by atoms with Gasteiger partial charge >= 0.3 is 0 Å². The van der Waals surface area contributed by atoms with Crippen LogP contribution in [0.25, 0.3) is 10.7 Å². The quantitative estimate of drug-likeness (QED) is 0.728. The Balaban J connectivity index is 1.26. The Morgan fingerprint density at radius 1 is 1.27 bits per heavy atom. The van der Waals surface area contributed by atoms with Crippen LogP contribution in [0.2, 0.25) is 0 Å². The molecule has 0 aliphatic heterocycles. The molecule has 0 radical (unpaired) electrons. The summed E-state index contributed by atoms with van der Waals surface area (Å²) in [6, 6.07) is 8.46. The van der Waals surface area contributed by atoms with Crippen LogP contribution in [0.5, 0.6) is 0 Å². The molecule has 1 aliphatic rings. The summed E-state index contributed by atoms with van der Waals surface area (Å²) in [5.74, 6) is 0.477. The molecule has 0 saturated heterocycles. The van der Waals surface area contributed by atoms with Gasteiger partial charge in [0.25, 0.3) is 0 Å². The van der Waals surface area contributed by atoms with Gasteiger partial charge < -0.3 is 5.32 Å². The SMILES string of the molecule is O=C(C[C@H]1CCc2ccccc21)NCCc1csc(-c2cnccn2)n1. The Kier molecular flexibility index (Phi) is 5.02. The smallest absolute Gasteiger partial charge is 0.220 e. The van der Waals surface area contributed by atoms with Gasteiger partial charge in [-0.15, -0.1) is 11.3 Å². The minimum atomic E-state index is 0.121. The second-order valence-corrected chi connectivity index (χ2v) is 7.33. The van der Waals surface area contributed by atoms with E-state index in [2.05, 4.69) is 44.5 Å². The average Bonchev–Trinajstić information content (AvgIpc) is 3.30. The van der Waals surface area contributed by atoms with Gasteiger partial charge in [0, 0.05) is 37.2 Å². The van der Waals surface area contributed by atoms with Crippen molar-refractivity contribution in [1.82, 2.24) is 20.3 Å². The van der Waals surface area contributed by atoms with Gasteiger partial charge in [-0.05, 0) is 29.9 Å². The number of carbonyl (C=O) groups excluding carboxylic acids is 1. The third kappa shape index (κ3) is 3.80. The molecule has 0 saturated carbocycles. The number of aryl methyl sites for hydroxylation is 1. The van der Waals surface area contributed by atoms with E-state index >= 15 is 0 Å². The highest BCUT2D eigenvalue weighted by molar-refractivity contribution is 7.13. The van der Waals surface area contributed by atoms with E-state index in [0.29, 0.717) is 18.9 Å². The summed E-state index contributed by atoms with van der Waals surface area (Å²) in [6.45, 7) is 0.608. The van der Waals surface area contributed by atoms with Crippen molar-refractivity contribution in [2.45, 2.75) is 31.6 Å². The molecule has 3 aromatic rings. The predicted molar refractivity (Wildman–Crippen MR) is 102 cm³/mol. The van der Waals surface area contributed by atoms with E-state index in [1.807, 2.05) is 5.38 Å². The lowest BCUT2D eigenvalue weighted by Gasteiger charge is -2.11. The third-order valence-corrected chi connectivity index (χ3v) is 5.64. The molecule has 0 fully saturated rings. The van der Waals surface area contributed by atoms with Crippen LogP contribution in [0.15, 0.2) is 48.2 Å². The van der Waals surface area contributed by atoms with Crippen molar-refractivity contribution in [2.75, 3.05) is 6.54 Å². The van der Waals surface area contributed by atoms with Gasteiger partial charge in [-0.2, -0.15) is 0 Å². The van der Waals surface area contributed by atoms with Crippen LogP contribution in [0, 0.1) is 0 Å². The van der Waals surface area contributed by atoms with Crippen LogP contribution in [0.4, 0.5) is 0 Å². The van der Waals surface area contributed by atoms with Crippen molar-refractivity contribution in [3.05, 3.63) is 65.1 Å². The molecule has 2 heterocycles. The summed E-state index contributed by atoms with van der Waals surface area (Å²) in [6.07, 6.45) is 8.47. The molecule has 1 atom stereocenters. The second-order valence-electron chi connectivity index (χ2n) is 6.47. The van der Waals surface area contributed by atoms with Crippen molar-refractivity contribution >= 4 is 17.2 Å². The molecule has 1 aliphatic carbocycles. The number of nitrogens with zero attached hydrogens (tertiary/aromatic N) is 3.